The highest BCUT2D eigenvalue weighted by Crippen LogP contribution is 2.65. The quantitative estimate of drug-likeness (QED) is 0.443. The number of carbonyl (C=O) groups is 2. The first-order valence-corrected chi connectivity index (χ1v) is 13.0. The Kier molecular flexibility index (Phi) is 6.15. The average Bonchev–Trinajstić information content (AvgIpc) is 2.83. The van der Waals surface area contributed by atoms with Gasteiger partial charge in [-0.15, -0.1) is 0 Å². The van der Waals surface area contributed by atoms with Gasteiger partial charge in [0, 0.05) is 37.7 Å². The highest BCUT2D eigenvalue weighted by atomic mass is 16.6. The van der Waals surface area contributed by atoms with Gasteiger partial charge in [-0.1, -0.05) is 44.2 Å². The zero-order valence-corrected chi connectivity index (χ0v) is 22.1. The van der Waals surface area contributed by atoms with Gasteiger partial charge in [0.1, 0.15) is 17.5 Å². The zero-order chi connectivity index (χ0) is 27.1. The van der Waals surface area contributed by atoms with Crippen molar-refractivity contribution in [2.75, 3.05) is 13.7 Å². The van der Waals surface area contributed by atoms with Crippen molar-refractivity contribution >= 4 is 11.6 Å². The van der Waals surface area contributed by atoms with Gasteiger partial charge in [0.25, 0.3) is 0 Å². The van der Waals surface area contributed by atoms with Crippen LogP contribution in [0.4, 0.5) is 0 Å². The van der Waals surface area contributed by atoms with E-state index < -0.39 is 64.1 Å². The molecule has 8 unspecified atom stereocenters. The lowest BCUT2D eigenvalue weighted by Crippen LogP contribution is -2.80. The minimum atomic E-state index is -1.88. The van der Waals surface area contributed by atoms with E-state index in [1.165, 1.54) is 7.11 Å². The lowest BCUT2D eigenvalue weighted by Gasteiger charge is -2.67. The van der Waals surface area contributed by atoms with Crippen LogP contribution in [-0.2, 0) is 25.5 Å². The van der Waals surface area contributed by atoms with Crippen molar-refractivity contribution in [3.05, 3.63) is 47.0 Å². The SMILES string of the molecule is COC1CC2OCC2(O)C2C(C(=O)Cc3ccccc3)C3(O)CC(O)C(C)=C(C(O)C(=O)[C@]12C)C3(C)C. The Balaban J connectivity index is 1.80. The number of aliphatic hydroxyl groups is 4. The maximum atomic E-state index is 14.4. The summed E-state index contributed by atoms with van der Waals surface area (Å²) in [5.41, 5.74) is -4.88. The molecule has 2 bridgehead atoms. The molecule has 4 N–H and O–H groups in total. The Bertz CT molecular complexity index is 1140. The third kappa shape index (κ3) is 3.36. The molecule has 0 aromatic heterocycles. The van der Waals surface area contributed by atoms with E-state index >= 15 is 0 Å². The van der Waals surface area contributed by atoms with Crippen molar-refractivity contribution in [1.82, 2.24) is 0 Å². The first-order valence-electron chi connectivity index (χ1n) is 13.0. The molecule has 0 amide bonds. The second-order valence-corrected chi connectivity index (χ2v) is 12.3. The lowest BCUT2D eigenvalue weighted by molar-refractivity contribution is -0.335. The summed E-state index contributed by atoms with van der Waals surface area (Å²) in [6.07, 6.45) is -4.27. The van der Waals surface area contributed by atoms with Crippen LogP contribution in [0, 0.1) is 22.7 Å². The fourth-order valence-corrected chi connectivity index (χ4v) is 8.12. The van der Waals surface area contributed by atoms with Crippen molar-refractivity contribution in [3.8, 4) is 0 Å². The fraction of sp³-hybridized carbons (Fsp3) is 0.655. The highest BCUT2D eigenvalue weighted by Gasteiger charge is 2.76. The molecule has 1 saturated heterocycles. The van der Waals surface area contributed by atoms with Gasteiger partial charge in [0.15, 0.2) is 5.78 Å². The lowest BCUT2D eigenvalue weighted by atomic mass is 9.41. The first-order chi connectivity index (χ1) is 17.2. The van der Waals surface area contributed by atoms with Gasteiger partial charge in [-0.05, 0) is 30.6 Å². The first kappa shape index (κ1) is 26.7. The van der Waals surface area contributed by atoms with E-state index in [1.807, 2.05) is 30.3 Å². The number of hydrogen-bond acceptors (Lipinski definition) is 8. The van der Waals surface area contributed by atoms with Gasteiger partial charge in [-0.25, -0.2) is 0 Å². The maximum Gasteiger partial charge on any atom is 0.174 e. The molecule has 1 heterocycles. The van der Waals surface area contributed by atoms with E-state index in [1.54, 1.807) is 27.7 Å². The molecule has 8 nitrogen and oxygen atoms in total. The molecule has 3 aliphatic carbocycles. The van der Waals surface area contributed by atoms with E-state index in [-0.39, 0.29) is 37.2 Å². The van der Waals surface area contributed by atoms with Crippen LogP contribution < -0.4 is 0 Å². The summed E-state index contributed by atoms with van der Waals surface area (Å²) in [6, 6.07) is 9.13. The molecule has 3 fully saturated rings. The van der Waals surface area contributed by atoms with E-state index in [2.05, 4.69) is 0 Å². The van der Waals surface area contributed by atoms with Crippen molar-refractivity contribution in [1.29, 1.82) is 0 Å². The Morgan fingerprint density at radius 2 is 1.78 bits per heavy atom. The molecule has 8 heteroatoms. The topological polar surface area (TPSA) is 134 Å². The van der Waals surface area contributed by atoms with Crippen LogP contribution in [-0.4, -0.2) is 81.3 Å². The highest BCUT2D eigenvalue weighted by molar-refractivity contribution is 5.95. The second kappa shape index (κ2) is 8.53. The van der Waals surface area contributed by atoms with Crippen LogP contribution >= 0.6 is 0 Å². The molecule has 1 aromatic rings. The van der Waals surface area contributed by atoms with Gasteiger partial charge in [0.2, 0.25) is 0 Å². The predicted octanol–water partition coefficient (Wildman–Crippen LogP) is 1.37. The molecule has 202 valence electrons. The number of aliphatic hydroxyl groups excluding tert-OH is 2. The van der Waals surface area contributed by atoms with Crippen LogP contribution in [0.3, 0.4) is 0 Å². The molecule has 5 rings (SSSR count). The normalized spacial score (nSPS) is 44.7. The largest absolute Gasteiger partial charge is 0.389 e. The van der Waals surface area contributed by atoms with Crippen LogP contribution in [0.1, 0.15) is 46.1 Å². The van der Waals surface area contributed by atoms with Crippen molar-refractivity contribution in [3.63, 3.8) is 0 Å². The van der Waals surface area contributed by atoms with Gasteiger partial charge in [0.05, 0.1) is 41.9 Å². The van der Waals surface area contributed by atoms with E-state index in [0.29, 0.717) is 5.57 Å². The number of Topliss-reactive ketones (excluding diaryl/α,β-unsaturated/α-hetero) is 2. The third-order valence-electron chi connectivity index (χ3n) is 10.3. The molecule has 9 atom stereocenters. The Hall–Kier alpha value is -1.94. The molecule has 1 aromatic carbocycles. The van der Waals surface area contributed by atoms with Gasteiger partial charge >= 0.3 is 0 Å². The van der Waals surface area contributed by atoms with Crippen molar-refractivity contribution in [2.45, 2.75) is 82.6 Å². The molecule has 4 aliphatic rings. The van der Waals surface area contributed by atoms with E-state index in [9.17, 15) is 30.0 Å². The third-order valence-corrected chi connectivity index (χ3v) is 10.3. The number of benzene rings is 1. The summed E-state index contributed by atoms with van der Waals surface area (Å²) in [7, 11) is 1.46. The van der Waals surface area contributed by atoms with Gasteiger partial charge in [-0.3, -0.25) is 9.59 Å². The molecular weight excluding hydrogens is 476 g/mol. The van der Waals surface area contributed by atoms with Gasteiger partial charge < -0.3 is 29.9 Å². The Morgan fingerprint density at radius 3 is 2.35 bits per heavy atom. The monoisotopic (exact) mass is 514 g/mol. The van der Waals surface area contributed by atoms with Crippen LogP contribution in [0.15, 0.2) is 41.5 Å². The summed E-state index contributed by atoms with van der Waals surface area (Å²) >= 11 is 0. The minimum Gasteiger partial charge on any atom is -0.389 e. The van der Waals surface area contributed by atoms with Crippen molar-refractivity contribution in [2.24, 2.45) is 22.7 Å². The fourth-order valence-electron chi connectivity index (χ4n) is 8.12. The molecule has 2 saturated carbocycles. The Labute approximate surface area is 217 Å². The number of carbonyl (C=O) groups excluding carboxylic acids is 2. The number of ketones is 2. The number of methoxy groups -OCH3 is 1. The molecule has 37 heavy (non-hydrogen) atoms. The van der Waals surface area contributed by atoms with Crippen LogP contribution in [0.25, 0.3) is 0 Å². The summed E-state index contributed by atoms with van der Waals surface area (Å²) in [6.45, 7) is 6.59. The van der Waals surface area contributed by atoms with Gasteiger partial charge in [-0.2, -0.15) is 0 Å². The van der Waals surface area contributed by atoms with E-state index in [0.717, 1.165) is 5.56 Å². The number of fused-ring (bicyclic) bond motifs is 5. The molecule has 1 aliphatic heterocycles. The summed E-state index contributed by atoms with van der Waals surface area (Å²) in [4.78, 5) is 28.7. The number of hydrogen-bond donors (Lipinski definition) is 4. The zero-order valence-electron chi connectivity index (χ0n) is 22.1. The van der Waals surface area contributed by atoms with Crippen LogP contribution in [0.5, 0.6) is 0 Å². The van der Waals surface area contributed by atoms with E-state index in [4.69, 9.17) is 9.47 Å². The Morgan fingerprint density at radius 1 is 1.14 bits per heavy atom. The molecule has 0 spiro atoms. The van der Waals surface area contributed by atoms with Crippen LogP contribution in [0.2, 0.25) is 0 Å². The maximum absolute atomic E-state index is 14.4. The summed E-state index contributed by atoms with van der Waals surface area (Å²) < 4.78 is 11.5. The van der Waals surface area contributed by atoms with Crippen molar-refractivity contribution < 1.29 is 39.5 Å². The number of ether oxygens (including phenoxy) is 2. The predicted molar refractivity (Wildman–Crippen MR) is 133 cm³/mol. The average molecular weight is 515 g/mol. The molecule has 0 radical (unpaired) electrons. The summed E-state index contributed by atoms with van der Waals surface area (Å²) in [5.74, 6) is -3.30. The second-order valence-electron chi connectivity index (χ2n) is 12.3. The summed E-state index contributed by atoms with van der Waals surface area (Å²) in [5, 5.41) is 47.4. The minimum absolute atomic E-state index is 0.0272. The molecular formula is C29H38O8. The smallest absolute Gasteiger partial charge is 0.174 e. The standard InChI is InChI=1S/C29H38O8/c1-15-18(31)13-29(35)22(17(30)11-16-9-7-6-8-10-16)24-27(4,25(33)23(32)21(15)26(29,2)3)19(36-5)12-20-28(24,34)14-37-20/h6-10,18-20,22-24,31-32,34-35H,11-14H2,1-5H3/t18?,19?,20?,22?,23?,24?,27-,28?,29?/m1/s1. The number of rotatable bonds is 4.